The van der Waals surface area contributed by atoms with Crippen LogP contribution in [-0.2, 0) is 14.3 Å². The molecule has 4 fully saturated rings. The number of fused-ring (bicyclic) bond motifs is 1. The van der Waals surface area contributed by atoms with E-state index < -0.39 is 12.1 Å². The number of hydrogen-bond acceptors (Lipinski definition) is 6. The highest BCUT2D eigenvalue weighted by Gasteiger charge is 2.56. The number of ether oxygens (including phenoxy) is 1. The molecule has 4 heterocycles. The second-order valence-electron chi connectivity index (χ2n) is 17.3. The molecule has 2 aromatic carbocycles. The van der Waals surface area contributed by atoms with E-state index in [1.807, 2.05) is 67.4 Å². The van der Waals surface area contributed by atoms with Gasteiger partial charge in [-0.15, -0.1) is 0 Å². The second-order valence-corrected chi connectivity index (χ2v) is 17.3. The summed E-state index contributed by atoms with van der Waals surface area (Å²) in [4.78, 5) is 60.4. The molecule has 5 atom stereocenters. The predicted octanol–water partition coefficient (Wildman–Crippen LogP) is 7.52. The molecule has 2 saturated heterocycles. The Morgan fingerprint density at radius 1 is 0.873 bits per heavy atom. The summed E-state index contributed by atoms with van der Waals surface area (Å²) >= 11 is 0. The van der Waals surface area contributed by atoms with Gasteiger partial charge in [-0.05, 0) is 97.1 Å². The first-order chi connectivity index (χ1) is 26.4. The number of alkyl carbamates (subject to hydrolysis) is 1. The first-order valence-corrected chi connectivity index (χ1v) is 20.0. The minimum absolute atomic E-state index is 0.00412. The van der Waals surface area contributed by atoms with Crippen LogP contribution in [-0.4, -0.2) is 73.9 Å². The number of rotatable bonds is 9. The number of carbonyl (C=O) groups excluding carboxylic acids is 3. The zero-order chi connectivity index (χ0) is 38.6. The number of aromatic amines is 2. The van der Waals surface area contributed by atoms with Crippen molar-refractivity contribution >= 4 is 28.9 Å². The van der Waals surface area contributed by atoms with Crippen LogP contribution >= 0.6 is 0 Å². The van der Waals surface area contributed by atoms with Crippen molar-refractivity contribution in [3.8, 4) is 23.1 Å². The van der Waals surface area contributed by atoms with E-state index in [9.17, 15) is 14.4 Å². The molecule has 55 heavy (non-hydrogen) atoms. The van der Waals surface area contributed by atoms with E-state index in [1.165, 1.54) is 20.0 Å². The van der Waals surface area contributed by atoms with Crippen molar-refractivity contribution in [3.63, 3.8) is 0 Å². The summed E-state index contributed by atoms with van der Waals surface area (Å²) < 4.78 is 4.81. The molecule has 2 spiro atoms. The predicted molar refractivity (Wildman–Crippen MR) is 210 cm³/mol. The summed E-state index contributed by atoms with van der Waals surface area (Å²) in [5.74, 6) is 8.66. The number of aromatic nitrogens is 4. The Kier molecular flexibility index (Phi) is 9.51. The Balaban J connectivity index is 0.957. The SMILES string of the molecule is CC[C@H](C)[C@H](C)C(=O)N1CC2(CC2)C[C@H]1c1nc2ccc(C#Cc3ccc(-c4cnc([C@@H]5CC6(CC6)CN5C(=O)[C@@H](NC(=O)OC)C(C)C)[nH]4)cc3)cc2[nH]1. The summed E-state index contributed by atoms with van der Waals surface area (Å²) in [5, 5.41) is 2.74. The van der Waals surface area contributed by atoms with E-state index in [0.717, 1.165) is 83.7 Å². The first-order valence-electron chi connectivity index (χ1n) is 20.0. The highest BCUT2D eigenvalue weighted by Crippen LogP contribution is 2.59. The van der Waals surface area contributed by atoms with E-state index in [4.69, 9.17) is 14.7 Å². The summed E-state index contributed by atoms with van der Waals surface area (Å²) in [7, 11) is 1.31. The molecule has 0 bridgehead atoms. The van der Waals surface area contributed by atoms with Crippen LogP contribution in [0.5, 0.6) is 0 Å². The van der Waals surface area contributed by atoms with Crippen molar-refractivity contribution in [2.24, 2.45) is 28.6 Å². The molecular formula is C44H53N7O4. The molecular weight excluding hydrogens is 691 g/mol. The Hall–Kier alpha value is -5.11. The Labute approximate surface area is 323 Å². The monoisotopic (exact) mass is 743 g/mol. The molecule has 0 unspecified atom stereocenters. The van der Waals surface area contributed by atoms with Crippen molar-refractivity contribution in [2.75, 3.05) is 20.2 Å². The number of amides is 3. The van der Waals surface area contributed by atoms with Crippen LogP contribution in [0.25, 0.3) is 22.3 Å². The summed E-state index contributed by atoms with van der Waals surface area (Å²) in [6.45, 7) is 11.8. The fourth-order valence-corrected chi connectivity index (χ4v) is 8.67. The zero-order valence-corrected chi connectivity index (χ0v) is 32.9. The van der Waals surface area contributed by atoms with E-state index in [1.54, 1.807) is 0 Å². The number of nitrogens with one attached hydrogen (secondary N) is 3. The molecule has 8 rings (SSSR count). The summed E-state index contributed by atoms with van der Waals surface area (Å²) in [6, 6.07) is 13.3. The van der Waals surface area contributed by atoms with Gasteiger partial charge in [0.2, 0.25) is 11.8 Å². The third-order valence-electron chi connectivity index (χ3n) is 13.0. The molecule has 0 radical (unpaired) electrons. The number of likely N-dealkylation sites (tertiary alicyclic amines) is 2. The number of carbonyl (C=O) groups is 3. The lowest BCUT2D eigenvalue weighted by atomic mass is 9.92. The van der Waals surface area contributed by atoms with Gasteiger partial charge in [0.25, 0.3) is 0 Å². The quantitative estimate of drug-likeness (QED) is 0.152. The average Bonchev–Trinajstić information content (AvgIpc) is 3.80. The molecule has 3 N–H and O–H groups in total. The summed E-state index contributed by atoms with van der Waals surface area (Å²) in [5.41, 5.74) is 5.84. The number of hydrogen-bond donors (Lipinski definition) is 3. The van der Waals surface area contributed by atoms with Crippen molar-refractivity contribution in [1.29, 1.82) is 0 Å². The van der Waals surface area contributed by atoms with Crippen LogP contribution in [0.2, 0.25) is 0 Å². The lowest BCUT2D eigenvalue weighted by Gasteiger charge is -2.30. The van der Waals surface area contributed by atoms with Crippen LogP contribution in [0.3, 0.4) is 0 Å². The largest absolute Gasteiger partial charge is 0.453 e. The van der Waals surface area contributed by atoms with Crippen molar-refractivity contribution in [3.05, 3.63) is 71.4 Å². The highest BCUT2D eigenvalue weighted by atomic mass is 16.5. The second kappa shape index (κ2) is 14.2. The lowest BCUT2D eigenvalue weighted by Crippen LogP contribution is -2.51. The number of imidazole rings is 2. The molecule has 2 saturated carbocycles. The fraction of sp³-hybridized carbons (Fsp3) is 0.523. The Morgan fingerprint density at radius 2 is 1.49 bits per heavy atom. The molecule has 11 nitrogen and oxygen atoms in total. The van der Waals surface area contributed by atoms with Gasteiger partial charge in [0.15, 0.2) is 0 Å². The molecule has 2 aliphatic carbocycles. The summed E-state index contributed by atoms with van der Waals surface area (Å²) in [6.07, 6.45) is 8.61. The normalized spacial score (nSPS) is 22.1. The van der Waals surface area contributed by atoms with Crippen molar-refractivity contribution in [1.82, 2.24) is 35.1 Å². The number of H-pyrrole nitrogens is 2. The smallest absolute Gasteiger partial charge is 0.407 e. The standard InChI is InChI=1S/C44H53N7O4/c1-7-27(4)28(5)40(52)50-24-44(18-19-44)22-36(50)39-46-32-15-12-30(20-33(32)47-39)9-8-29-10-13-31(14-11-29)34-23-45-38(48-34)35-21-43(16-17-43)25-51(35)41(53)37(26(2)3)49-42(54)55-6/h10-15,20,23,26-28,35-37H,7,16-19,21-22,24-25H2,1-6H3,(H,45,48)(H,46,47)(H,49,54)/t27-,28-,35-,36-,37-/m0/s1. The third kappa shape index (κ3) is 7.24. The fourth-order valence-electron chi connectivity index (χ4n) is 8.67. The molecule has 11 heteroatoms. The van der Waals surface area contributed by atoms with Crippen LogP contribution in [0.15, 0.2) is 48.7 Å². The molecule has 4 aromatic rings. The van der Waals surface area contributed by atoms with Crippen molar-refractivity contribution in [2.45, 2.75) is 97.7 Å². The zero-order valence-electron chi connectivity index (χ0n) is 32.9. The molecule has 4 aliphatic rings. The van der Waals surface area contributed by atoms with Gasteiger partial charge in [-0.2, -0.15) is 0 Å². The van der Waals surface area contributed by atoms with Gasteiger partial charge in [0, 0.05) is 30.1 Å². The van der Waals surface area contributed by atoms with E-state index in [-0.39, 0.29) is 46.6 Å². The average molecular weight is 744 g/mol. The maximum Gasteiger partial charge on any atom is 0.407 e. The van der Waals surface area contributed by atoms with Gasteiger partial charge in [-0.3, -0.25) is 9.59 Å². The highest BCUT2D eigenvalue weighted by molar-refractivity contribution is 5.86. The van der Waals surface area contributed by atoms with Crippen LogP contribution in [0, 0.1) is 40.4 Å². The van der Waals surface area contributed by atoms with Crippen LogP contribution in [0.4, 0.5) is 4.79 Å². The number of methoxy groups -OCH3 is 1. The number of benzene rings is 2. The van der Waals surface area contributed by atoms with E-state index >= 15 is 0 Å². The molecule has 2 aliphatic heterocycles. The van der Waals surface area contributed by atoms with Gasteiger partial charge in [-0.1, -0.05) is 65.0 Å². The van der Waals surface area contributed by atoms with Gasteiger partial charge in [-0.25, -0.2) is 14.8 Å². The lowest BCUT2D eigenvalue weighted by molar-refractivity contribution is -0.138. The van der Waals surface area contributed by atoms with Crippen LogP contribution < -0.4 is 5.32 Å². The van der Waals surface area contributed by atoms with Gasteiger partial charge in [0.1, 0.15) is 17.7 Å². The van der Waals surface area contributed by atoms with Gasteiger partial charge < -0.3 is 29.8 Å². The van der Waals surface area contributed by atoms with E-state index in [2.05, 4.69) is 52.8 Å². The Morgan fingerprint density at radius 3 is 2.11 bits per heavy atom. The maximum absolute atomic E-state index is 13.8. The first kappa shape index (κ1) is 36.8. The Bertz CT molecular complexity index is 2170. The third-order valence-corrected chi connectivity index (χ3v) is 13.0. The molecule has 288 valence electrons. The van der Waals surface area contributed by atoms with Gasteiger partial charge in [0.05, 0.1) is 42.1 Å². The molecule has 3 amide bonds. The van der Waals surface area contributed by atoms with E-state index in [0.29, 0.717) is 12.5 Å². The topological polar surface area (TPSA) is 136 Å². The maximum atomic E-state index is 13.8. The number of nitrogens with zero attached hydrogens (tertiary/aromatic N) is 4. The minimum atomic E-state index is -0.677. The van der Waals surface area contributed by atoms with Crippen molar-refractivity contribution < 1.29 is 19.1 Å². The minimum Gasteiger partial charge on any atom is -0.453 e. The molecule has 2 aromatic heterocycles. The van der Waals surface area contributed by atoms with Gasteiger partial charge >= 0.3 is 6.09 Å². The van der Waals surface area contributed by atoms with Crippen LogP contribution in [0.1, 0.15) is 114 Å².